The van der Waals surface area contributed by atoms with Gasteiger partial charge in [-0.25, -0.2) is 0 Å². The van der Waals surface area contributed by atoms with Crippen molar-refractivity contribution in [3.63, 3.8) is 0 Å². The minimum atomic E-state index is -1.08. The fourth-order valence-electron chi connectivity index (χ4n) is 2.21. The minimum Gasteiger partial charge on any atom is -1.00 e. The van der Waals surface area contributed by atoms with Gasteiger partial charge in [-0.05, 0) is 13.8 Å². The molecule has 0 atom stereocenters. The Balaban J connectivity index is -0.000000139. The van der Waals surface area contributed by atoms with Crippen LogP contribution in [-0.2, 0) is 13.9 Å². The van der Waals surface area contributed by atoms with Crippen molar-refractivity contribution in [1.29, 1.82) is 5.39 Å². The van der Waals surface area contributed by atoms with Crippen LogP contribution in [-0.4, -0.2) is 39.5 Å². The summed E-state index contributed by atoms with van der Waals surface area (Å²) in [6.45, 7) is 7.89. The summed E-state index contributed by atoms with van der Waals surface area (Å²) in [5, 5.41) is 9.09. The van der Waals surface area contributed by atoms with Gasteiger partial charge in [-0.15, -0.1) is 0 Å². The molecule has 1 heterocycles. The van der Waals surface area contributed by atoms with Gasteiger partial charge in [-0.3, -0.25) is 23.5 Å². The first-order chi connectivity index (χ1) is 11.2. The van der Waals surface area contributed by atoms with Crippen molar-refractivity contribution < 1.29 is 51.6 Å². The van der Waals surface area contributed by atoms with Gasteiger partial charge in [0, 0.05) is 19.2 Å². The molecule has 1 aliphatic rings. The normalized spacial score (nSPS) is 10.4. The van der Waals surface area contributed by atoms with Gasteiger partial charge < -0.3 is 23.8 Å². The molecule has 8 nitrogen and oxygen atoms in total. The summed E-state index contributed by atoms with van der Waals surface area (Å²) in [7, 11) is -1.08. The van der Waals surface area contributed by atoms with Gasteiger partial charge >= 0.3 is 23.2 Å². The van der Waals surface area contributed by atoms with Crippen molar-refractivity contribution in [1.82, 2.24) is 0 Å². The van der Waals surface area contributed by atoms with Crippen molar-refractivity contribution >= 4 is 19.7 Å². The first-order valence-corrected chi connectivity index (χ1v) is 8.01. The van der Waals surface area contributed by atoms with Crippen molar-refractivity contribution in [3.8, 4) is 11.5 Å². The number of halogens is 6. The Morgan fingerprint density at radius 1 is 1.00 bits per heavy atom. The van der Waals surface area contributed by atoms with Crippen LogP contribution in [0.2, 0.25) is 0 Å². The molecule has 1 saturated heterocycles. The molecular formula is C14H25F6N3O5P. The van der Waals surface area contributed by atoms with Crippen LogP contribution in [0.5, 0.6) is 11.5 Å². The first-order valence-electron chi connectivity index (χ1n) is 7.28. The fourth-order valence-corrected chi connectivity index (χ4v) is 2.21. The van der Waals surface area contributed by atoms with E-state index in [2.05, 4.69) is 9.88 Å². The third-order valence-electron chi connectivity index (χ3n) is 3.10. The third kappa shape index (κ3) is 12.6. The quantitative estimate of drug-likeness (QED) is 0.370. The van der Waals surface area contributed by atoms with Gasteiger partial charge in [0.05, 0.1) is 38.2 Å². The number of rotatable bonds is 5. The molecule has 2 rings (SSSR count). The standard InChI is InChI=1S/C14H20N3O3.6FH.O2P/c1-3-19-13-10-12(17-5-7-18-8-6-17)14(20-4-2)9-11(13)16-15;;;;;;;1-3-2/h9-10H,3-8H2,1-2H3;6*1H;/q+1;;;;;;;/p-1. The second kappa shape index (κ2) is 23.6. The number of ether oxygens (including phenoxy) is 3. The zero-order chi connectivity index (χ0) is 17.1. The smallest absolute Gasteiger partial charge is 1.00 e. The predicted molar refractivity (Wildman–Crippen MR) is 97.4 cm³/mol. The zero-order valence-corrected chi connectivity index (χ0v) is 16.5. The molecule has 1 aromatic rings. The van der Waals surface area contributed by atoms with E-state index in [0.717, 1.165) is 18.8 Å². The van der Waals surface area contributed by atoms with Gasteiger partial charge in [0.1, 0.15) is 0 Å². The van der Waals surface area contributed by atoms with Gasteiger partial charge in [0.25, 0.3) is 0 Å². The maximum Gasteiger partial charge on any atom is -1.00 e. The maximum atomic E-state index is 9.09. The molecular weight excluding hydrogens is 435 g/mol. The average molecular weight is 460 g/mol. The SMILES string of the molecule is CCOc1cc(N2CCOCC2)c(OCC)cc1[N+]#N.F.F.F.F.F.O=[P]=O.[F-]. The molecule has 0 spiro atoms. The Kier molecular flexibility index (Phi) is 33.5. The molecule has 0 bridgehead atoms. The van der Waals surface area contributed by atoms with E-state index in [1.54, 1.807) is 6.07 Å². The van der Waals surface area contributed by atoms with E-state index in [9.17, 15) is 0 Å². The van der Waals surface area contributed by atoms with Crippen LogP contribution in [0, 0.1) is 5.39 Å². The average Bonchev–Trinajstić information content (AvgIpc) is 2.58. The van der Waals surface area contributed by atoms with E-state index in [-0.39, 0.29) is 28.2 Å². The number of morpholine rings is 1. The van der Waals surface area contributed by atoms with E-state index < -0.39 is 8.34 Å². The van der Waals surface area contributed by atoms with Gasteiger partial charge in [-0.1, -0.05) is 0 Å². The molecule has 0 unspecified atom stereocenters. The van der Waals surface area contributed by atoms with E-state index in [1.165, 1.54) is 0 Å². The van der Waals surface area contributed by atoms with Gasteiger partial charge in [0.2, 0.25) is 11.1 Å². The molecule has 29 heavy (non-hydrogen) atoms. The Labute approximate surface area is 164 Å². The Morgan fingerprint density at radius 2 is 1.45 bits per heavy atom. The molecule has 0 N–H and O–H groups in total. The van der Waals surface area contributed by atoms with Crippen LogP contribution in [0.25, 0.3) is 4.98 Å². The molecule has 1 radical (unpaired) electrons. The summed E-state index contributed by atoms with van der Waals surface area (Å²) < 4.78 is 33.2. The van der Waals surface area contributed by atoms with Crippen molar-refractivity contribution in [2.45, 2.75) is 13.8 Å². The number of benzene rings is 1. The Bertz CT molecular complexity index is 600. The van der Waals surface area contributed by atoms with E-state index in [0.29, 0.717) is 43.6 Å². The molecule has 0 aromatic heterocycles. The molecule has 0 amide bonds. The number of hydrogen-bond donors (Lipinski definition) is 0. The molecule has 1 fully saturated rings. The molecule has 0 saturated carbocycles. The summed E-state index contributed by atoms with van der Waals surface area (Å²) in [5.74, 6) is 1.26. The summed E-state index contributed by atoms with van der Waals surface area (Å²) >= 11 is 0. The van der Waals surface area contributed by atoms with Gasteiger partial charge in [0.15, 0.2) is 10.7 Å². The summed E-state index contributed by atoms with van der Waals surface area (Å²) in [6, 6.07) is 3.58. The van der Waals surface area contributed by atoms with Gasteiger partial charge in [-0.2, -0.15) is 0 Å². The number of diazo groups is 1. The molecule has 15 heteroatoms. The van der Waals surface area contributed by atoms with Crippen LogP contribution in [0.3, 0.4) is 0 Å². The second-order valence-electron chi connectivity index (χ2n) is 4.43. The number of hydrogen-bond acceptors (Lipinski definition) is 7. The van der Waals surface area contributed by atoms with Crippen LogP contribution in [0.4, 0.5) is 34.9 Å². The van der Waals surface area contributed by atoms with Crippen molar-refractivity contribution in [2.24, 2.45) is 0 Å². The van der Waals surface area contributed by atoms with E-state index >= 15 is 0 Å². The third-order valence-corrected chi connectivity index (χ3v) is 3.10. The predicted octanol–water partition coefficient (Wildman–Crippen LogP) is 1.20. The van der Waals surface area contributed by atoms with Crippen LogP contribution >= 0.6 is 8.34 Å². The van der Waals surface area contributed by atoms with Crippen molar-refractivity contribution in [3.05, 3.63) is 17.1 Å². The van der Waals surface area contributed by atoms with Crippen LogP contribution in [0.15, 0.2) is 12.1 Å². The summed E-state index contributed by atoms with van der Waals surface area (Å²) in [4.78, 5) is 5.46. The molecule has 0 aliphatic carbocycles. The largest absolute Gasteiger partial charge is 1.00 e. The zero-order valence-electron chi connectivity index (χ0n) is 15.6. The Hall–Kier alpha value is -2.39. The second-order valence-corrected chi connectivity index (χ2v) is 4.58. The Morgan fingerprint density at radius 3 is 1.86 bits per heavy atom. The molecule has 173 valence electrons. The minimum absolute atomic E-state index is 0. The fraction of sp³-hybridized carbons (Fsp3) is 0.571. The summed E-state index contributed by atoms with van der Waals surface area (Å²) in [6.07, 6.45) is 0. The monoisotopic (exact) mass is 460 g/mol. The topological polar surface area (TPSA) is 93.2 Å². The first kappa shape index (κ1) is 41.1. The van der Waals surface area contributed by atoms with Crippen molar-refractivity contribution in [2.75, 3.05) is 44.4 Å². The number of nitrogens with zero attached hydrogens (tertiary/aromatic N) is 3. The van der Waals surface area contributed by atoms with E-state index in [1.807, 2.05) is 19.9 Å². The summed E-state index contributed by atoms with van der Waals surface area (Å²) in [5.41, 5.74) is 1.33. The number of anilines is 1. The molecule has 1 aliphatic heterocycles. The van der Waals surface area contributed by atoms with E-state index in [4.69, 9.17) is 28.7 Å². The van der Waals surface area contributed by atoms with Crippen LogP contribution < -0.4 is 19.1 Å². The molecule has 1 aromatic carbocycles. The van der Waals surface area contributed by atoms with Crippen LogP contribution in [0.1, 0.15) is 13.8 Å². The maximum absolute atomic E-state index is 9.09.